The van der Waals surface area contributed by atoms with Crippen molar-refractivity contribution in [1.29, 1.82) is 0 Å². The Hall–Kier alpha value is -2.39. The molecule has 0 saturated heterocycles. The highest BCUT2D eigenvalue weighted by molar-refractivity contribution is 6.34. The lowest BCUT2D eigenvalue weighted by atomic mass is 9.93. The number of aliphatic imine (C=N–C) groups is 1. The van der Waals surface area contributed by atoms with E-state index >= 15 is 0 Å². The van der Waals surface area contributed by atoms with E-state index in [0.29, 0.717) is 18.0 Å². The van der Waals surface area contributed by atoms with Gasteiger partial charge in [-0.25, -0.2) is 0 Å². The van der Waals surface area contributed by atoms with Crippen LogP contribution in [-0.2, 0) is 11.2 Å². The number of halogens is 1. The van der Waals surface area contributed by atoms with Crippen LogP contribution in [0.25, 0.3) is 16.7 Å². The van der Waals surface area contributed by atoms with Crippen LogP contribution in [0.1, 0.15) is 11.1 Å². The minimum Gasteiger partial charge on any atom is -0.326 e. The molecule has 2 aliphatic heterocycles. The number of hydrogen-bond donors (Lipinski definition) is 1. The van der Waals surface area contributed by atoms with Crippen LogP contribution < -0.4 is 5.32 Å². The molecular weight excluding hydrogens is 296 g/mol. The number of anilines is 1. The average Bonchev–Trinajstić information content (AvgIpc) is 3.14. The lowest BCUT2D eigenvalue weighted by Crippen LogP contribution is -2.03. The van der Waals surface area contributed by atoms with Gasteiger partial charge in [0.05, 0.1) is 13.0 Å². The van der Waals surface area contributed by atoms with E-state index < -0.39 is 0 Å². The lowest BCUT2D eigenvalue weighted by molar-refractivity contribution is -0.115. The maximum Gasteiger partial charge on any atom is 0.228 e. The van der Waals surface area contributed by atoms with Crippen molar-refractivity contribution in [2.45, 2.75) is 6.42 Å². The molecule has 22 heavy (non-hydrogen) atoms. The van der Waals surface area contributed by atoms with Crippen LogP contribution in [0.5, 0.6) is 0 Å². The number of nitrogens with zero attached hydrogens (tertiary/aromatic N) is 1. The standard InChI is InChI=1S/C18H13ClN2O/c19-15-3-1-2-14(12-6-7-20-10-12)18(15)11-4-5-16-13(8-11)9-17(22)21-16/h1-6,8,10H,7,9H2,(H,21,22). The zero-order chi connectivity index (χ0) is 15.1. The first-order valence-corrected chi connectivity index (χ1v) is 7.52. The molecule has 0 aromatic heterocycles. The third-order valence-electron chi connectivity index (χ3n) is 3.99. The van der Waals surface area contributed by atoms with Crippen molar-refractivity contribution in [1.82, 2.24) is 0 Å². The summed E-state index contributed by atoms with van der Waals surface area (Å²) in [6, 6.07) is 11.9. The summed E-state index contributed by atoms with van der Waals surface area (Å²) in [6.07, 6.45) is 4.40. The van der Waals surface area contributed by atoms with Gasteiger partial charge in [0, 0.05) is 22.5 Å². The van der Waals surface area contributed by atoms with Gasteiger partial charge in [0.15, 0.2) is 0 Å². The van der Waals surface area contributed by atoms with Gasteiger partial charge in [-0.15, -0.1) is 0 Å². The van der Waals surface area contributed by atoms with Gasteiger partial charge in [0.2, 0.25) is 5.91 Å². The van der Waals surface area contributed by atoms with Gasteiger partial charge >= 0.3 is 0 Å². The Morgan fingerprint density at radius 3 is 2.91 bits per heavy atom. The predicted octanol–water partition coefficient (Wildman–Crippen LogP) is 3.97. The van der Waals surface area contributed by atoms with Crippen LogP contribution in [-0.4, -0.2) is 18.7 Å². The van der Waals surface area contributed by atoms with Crippen LogP contribution in [0.15, 0.2) is 47.5 Å². The van der Waals surface area contributed by atoms with E-state index in [1.54, 1.807) is 0 Å². The molecule has 0 fully saturated rings. The fourth-order valence-electron chi connectivity index (χ4n) is 2.98. The Kier molecular flexibility index (Phi) is 3.09. The van der Waals surface area contributed by atoms with Crippen molar-refractivity contribution < 1.29 is 4.79 Å². The summed E-state index contributed by atoms with van der Waals surface area (Å²) in [5, 5.41) is 3.56. The van der Waals surface area contributed by atoms with Gasteiger partial charge < -0.3 is 5.32 Å². The molecule has 2 aliphatic rings. The number of fused-ring (bicyclic) bond motifs is 1. The van der Waals surface area contributed by atoms with Crippen molar-refractivity contribution in [3.8, 4) is 11.1 Å². The second kappa shape index (κ2) is 5.11. The molecule has 2 aromatic rings. The molecule has 0 unspecified atom stereocenters. The summed E-state index contributed by atoms with van der Waals surface area (Å²) < 4.78 is 0. The average molecular weight is 309 g/mol. The maximum absolute atomic E-state index is 11.5. The molecule has 0 saturated carbocycles. The zero-order valence-electron chi connectivity index (χ0n) is 11.8. The first kappa shape index (κ1) is 13.3. The Labute approximate surface area is 133 Å². The molecule has 2 heterocycles. The SMILES string of the molecule is O=C1Cc2cc(-c3c(Cl)cccc3C3=CCN=C3)ccc2N1. The number of benzene rings is 2. The van der Waals surface area contributed by atoms with Crippen molar-refractivity contribution >= 4 is 35.0 Å². The third kappa shape index (κ3) is 2.14. The second-order valence-electron chi connectivity index (χ2n) is 5.41. The van der Waals surface area contributed by atoms with E-state index in [0.717, 1.165) is 33.5 Å². The van der Waals surface area contributed by atoms with Crippen LogP contribution in [0.4, 0.5) is 5.69 Å². The largest absolute Gasteiger partial charge is 0.326 e. The Morgan fingerprint density at radius 1 is 1.18 bits per heavy atom. The van der Waals surface area contributed by atoms with E-state index in [4.69, 9.17) is 11.6 Å². The summed E-state index contributed by atoms with van der Waals surface area (Å²) in [7, 11) is 0. The molecule has 0 aliphatic carbocycles. The molecule has 4 rings (SSSR count). The molecule has 108 valence electrons. The van der Waals surface area contributed by atoms with Crippen molar-refractivity contribution in [3.05, 3.63) is 58.6 Å². The highest BCUT2D eigenvalue weighted by atomic mass is 35.5. The number of allylic oxidation sites excluding steroid dienone is 1. The molecule has 0 atom stereocenters. The third-order valence-corrected chi connectivity index (χ3v) is 4.31. The van der Waals surface area contributed by atoms with Gasteiger partial charge in [-0.05, 0) is 40.5 Å². The Morgan fingerprint density at radius 2 is 2.09 bits per heavy atom. The predicted molar refractivity (Wildman–Crippen MR) is 90.6 cm³/mol. The number of amides is 1. The first-order chi connectivity index (χ1) is 10.7. The number of rotatable bonds is 2. The molecule has 2 aromatic carbocycles. The quantitative estimate of drug-likeness (QED) is 0.896. The van der Waals surface area contributed by atoms with Gasteiger partial charge in [0.25, 0.3) is 0 Å². The summed E-state index contributed by atoms with van der Waals surface area (Å²) in [4.78, 5) is 15.8. The van der Waals surface area contributed by atoms with E-state index in [-0.39, 0.29) is 5.91 Å². The van der Waals surface area contributed by atoms with Gasteiger partial charge in [-0.1, -0.05) is 35.9 Å². The van der Waals surface area contributed by atoms with Crippen LogP contribution in [0.3, 0.4) is 0 Å². The smallest absolute Gasteiger partial charge is 0.228 e. The van der Waals surface area contributed by atoms with Gasteiger partial charge in [-0.2, -0.15) is 0 Å². The summed E-state index contributed by atoms with van der Waals surface area (Å²) >= 11 is 6.47. The lowest BCUT2D eigenvalue weighted by Gasteiger charge is -2.12. The van der Waals surface area contributed by atoms with E-state index in [2.05, 4.69) is 22.5 Å². The van der Waals surface area contributed by atoms with Crippen LogP contribution >= 0.6 is 11.6 Å². The fourth-order valence-corrected chi connectivity index (χ4v) is 3.26. The monoisotopic (exact) mass is 308 g/mol. The highest BCUT2D eigenvalue weighted by Gasteiger charge is 2.20. The minimum absolute atomic E-state index is 0.0390. The van der Waals surface area contributed by atoms with Crippen LogP contribution in [0.2, 0.25) is 5.02 Å². The molecule has 0 spiro atoms. The molecule has 0 bridgehead atoms. The Bertz CT molecular complexity index is 852. The molecule has 1 amide bonds. The molecule has 4 heteroatoms. The number of nitrogens with one attached hydrogen (secondary N) is 1. The molecule has 3 nitrogen and oxygen atoms in total. The topological polar surface area (TPSA) is 41.5 Å². The maximum atomic E-state index is 11.5. The summed E-state index contributed by atoms with van der Waals surface area (Å²) in [6.45, 7) is 0.712. The van der Waals surface area contributed by atoms with Crippen molar-refractivity contribution in [2.24, 2.45) is 4.99 Å². The molecule has 1 N–H and O–H groups in total. The Balaban J connectivity index is 1.88. The molecular formula is C18H13ClN2O. The van der Waals surface area contributed by atoms with Crippen molar-refractivity contribution in [2.75, 3.05) is 11.9 Å². The summed E-state index contributed by atoms with van der Waals surface area (Å²) in [5.74, 6) is 0.0390. The number of hydrogen-bond acceptors (Lipinski definition) is 2. The first-order valence-electron chi connectivity index (χ1n) is 7.14. The zero-order valence-corrected chi connectivity index (χ0v) is 12.5. The van der Waals surface area contributed by atoms with E-state index in [1.807, 2.05) is 36.5 Å². The summed E-state index contributed by atoms with van der Waals surface area (Å²) in [5.41, 5.74) is 6.09. The number of carbonyl (C=O) groups excluding carboxylic acids is 1. The fraction of sp³-hybridized carbons (Fsp3) is 0.111. The minimum atomic E-state index is 0.0390. The van der Waals surface area contributed by atoms with Gasteiger partial charge in [0.1, 0.15) is 0 Å². The highest BCUT2D eigenvalue weighted by Crippen LogP contribution is 2.37. The van der Waals surface area contributed by atoms with E-state index in [9.17, 15) is 4.79 Å². The van der Waals surface area contributed by atoms with E-state index in [1.165, 1.54) is 0 Å². The number of carbonyl (C=O) groups is 1. The second-order valence-corrected chi connectivity index (χ2v) is 5.82. The molecule has 0 radical (unpaired) electrons. The van der Waals surface area contributed by atoms with Crippen LogP contribution in [0, 0.1) is 0 Å². The normalized spacial score (nSPS) is 15.7. The van der Waals surface area contributed by atoms with Crippen molar-refractivity contribution in [3.63, 3.8) is 0 Å². The van der Waals surface area contributed by atoms with Gasteiger partial charge in [-0.3, -0.25) is 9.79 Å².